The van der Waals surface area contributed by atoms with E-state index in [1.54, 1.807) is 4.52 Å². The maximum atomic E-state index is 12.6. The van der Waals surface area contributed by atoms with Gasteiger partial charge in [-0.3, -0.25) is 4.79 Å². The lowest BCUT2D eigenvalue weighted by atomic mass is 10.2. The minimum absolute atomic E-state index is 0.0927. The van der Waals surface area contributed by atoms with Crippen LogP contribution < -0.4 is 5.32 Å². The Bertz CT molecular complexity index is 1180. The molecule has 1 N–H and O–H groups in total. The summed E-state index contributed by atoms with van der Waals surface area (Å²) in [4.78, 5) is 21.8. The molecule has 1 amide bonds. The van der Waals surface area contributed by atoms with Gasteiger partial charge in [0, 0.05) is 17.0 Å². The fourth-order valence-corrected chi connectivity index (χ4v) is 3.98. The van der Waals surface area contributed by atoms with Gasteiger partial charge in [0.05, 0.1) is 10.8 Å². The Hall–Kier alpha value is -2.64. The number of aryl methyl sites for hydroxylation is 1. The molecule has 0 fully saturated rings. The van der Waals surface area contributed by atoms with E-state index in [-0.39, 0.29) is 11.2 Å². The van der Waals surface area contributed by atoms with Crippen molar-refractivity contribution < 1.29 is 4.79 Å². The van der Waals surface area contributed by atoms with Crippen LogP contribution in [0.15, 0.2) is 53.7 Å². The third-order valence-corrected chi connectivity index (χ3v) is 5.73. The minimum atomic E-state index is -0.358. The zero-order chi connectivity index (χ0) is 19.7. The second-order valence-electron chi connectivity index (χ2n) is 6.38. The lowest BCUT2D eigenvalue weighted by molar-refractivity contribution is -0.120. The van der Waals surface area contributed by atoms with Gasteiger partial charge in [0.2, 0.25) is 5.91 Å². The SMILES string of the molecule is Cc1nc2c3ccccc3nc(SC(C)C(=O)NCc3ccccc3Cl)n2n1. The molecule has 0 aliphatic rings. The number of hydrogen-bond acceptors (Lipinski definition) is 5. The first-order chi connectivity index (χ1) is 13.5. The van der Waals surface area contributed by atoms with E-state index in [2.05, 4.69) is 15.4 Å². The van der Waals surface area contributed by atoms with Crippen LogP contribution in [0.4, 0.5) is 0 Å². The molecule has 142 valence electrons. The van der Waals surface area contributed by atoms with Crippen LogP contribution in [0.25, 0.3) is 16.6 Å². The Balaban J connectivity index is 1.56. The summed E-state index contributed by atoms with van der Waals surface area (Å²) in [5, 5.41) is 9.23. The van der Waals surface area contributed by atoms with Crippen LogP contribution in [-0.2, 0) is 11.3 Å². The molecule has 4 rings (SSSR count). The van der Waals surface area contributed by atoms with E-state index in [4.69, 9.17) is 16.6 Å². The number of rotatable bonds is 5. The van der Waals surface area contributed by atoms with Crippen LogP contribution in [0.3, 0.4) is 0 Å². The summed E-state index contributed by atoms with van der Waals surface area (Å²) in [7, 11) is 0. The molecule has 0 bridgehead atoms. The predicted octanol–water partition coefficient (Wildman–Crippen LogP) is 4.04. The number of nitrogens with zero attached hydrogens (tertiary/aromatic N) is 4. The molecular weight excluding hydrogens is 394 g/mol. The second-order valence-corrected chi connectivity index (χ2v) is 8.09. The van der Waals surface area contributed by atoms with Crippen LogP contribution in [0.2, 0.25) is 5.02 Å². The van der Waals surface area contributed by atoms with Crippen molar-refractivity contribution in [3.8, 4) is 0 Å². The third-order valence-electron chi connectivity index (χ3n) is 4.32. The molecule has 4 aromatic rings. The molecule has 2 heterocycles. The van der Waals surface area contributed by atoms with E-state index < -0.39 is 0 Å². The fraction of sp³-hybridized carbons (Fsp3) is 0.200. The second kappa shape index (κ2) is 7.77. The van der Waals surface area contributed by atoms with Crippen molar-refractivity contribution in [2.75, 3.05) is 0 Å². The monoisotopic (exact) mass is 411 g/mol. The molecule has 0 spiro atoms. The third kappa shape index (κ3) is 3.68. The summed E-state index contributed by atoms with van der Waals surface area (Å²) < 4.78 is 1.71. The van der Waals surface area contributed by atoms with E-state index in [0.29, 0.717) is 22.5 Å². The van der Waals surface area contributed by atoms with Crippen molar-refractivity contribution in [1.82, 2.24) is 24.9 Å². The van der Waals surface area contributed by atoms with Gasteiger partial charge < -0.3 is 5.32 Å². The van der Waals surface area contributed by atoms with Crippen LogP contribution in [-0.4, -0.2) is 30.7 Å². The zero-order valence-corrected chi connectivity index (χ0v) is 17.0. The number of carbonyl (C=O) groups is 1. The van der Waals surface area contributed by atoms with Crippen molar-refractivity contribution >= 4 is 45.8 Å². The fourth-order valence-electron chi connectivity index (χ4n) is 2.89. The number of benzene rings is 2. The van der Waals surface area contributed by atoms with Gasteiger partial charge in [0.25, 0.3) is 0 Å². The van der Waals surface area contributed by atoms with Crippen molar-refractivity contribution in [3.05, 3.63) is 64.9 Å². The topological polar surface area (TPSA) is 72.2 Å². The van der Waals surface area contributed by atoms with E-state index >= 15 is 0 Å². The van der Waals surface area contributed by atoms with Gasteiger partial charge in [0.15, 0.2) is 10.8 Å². The van der Waals surface area contributed by atoms with Crippen LogP contribution in [0.1, 0.15) is 18.3 Å². The van der Waals surface area contributed by atoms with Crippen LogP contribution in [0, 0.1) is 6.92 Å². The first-order valence-electron chi connectivity index (χ1n) is 8.83. The number of hydrogen-bond donors (Lipinski definition) is 1. The molecule has 0 aliphatic heterocycles. The molecule has 6 nitrogen and oxygen atoms in total. The Morgan fingerprint density at radius 3 is 2.75 bits per heavy atom. The van der Waals surface area contributed by atoms with Gasteiger partial charge in [-0.15, -0.1) is 5.10 Å². The smallest absolute Gasteiger partial charge is 0.233 e. The van der Waals surface area contributed by atoms with Gasteiger partial charge in [0.1, 0.15) is 5.82 Å². The molecule has 0 saturated heterocycles. The zero-order valence-electron chi connectivity index (χ0n) is 15.4. The first-order valence-corrected chi connectivity index (χ1v) is 10.1. The normalized spacial score (nSPS) is 12.4. The summed E-state index contributed by atoms with van der Waals surface area (Å²) in [6, 6.07) is 15.3. The molecule has 2 aromatic carbocycles. The van der Waals surface area contributed by atoms with Gasteiger partial charge in [-0.25, -0.2) is 9.97 Å². The molecule has 1 atom stereocenters. The largest absolute Gasteiger partial charge is 0.351 e. The highest BCUT2D eigenvalue weighted by Crippen LogP contribution is 2.26. The van der Waals surface area contributed by atoms with E-state index in [0.717, 1.165) is 22.1 Å². The highest BCUT2D eigenvalue weighted by molar-refractivity contribution is 8.00. The quantitative estimate of drug-likeness (QED) is 0.396. The molecule has 8 heteroatoms. The molecule has 28 heavy (non-hydrogen) atoms. The number of amides is 1. The van der Waals surface area contributed by atoms with Crippen molar-refractivity contribution in [2.24, 2.45) is 0 Å². The van der Waals surface area contributed by atoms with E-state index in [1.165, 1.54) is 11.8 Å². The molecule has 0 aliphatic carbocycles. The summed E-state index contributed by atoms with van der Waals surface area (Å²) in [5.74, 6) is 0.570. The number of nitrogens with one attached hydrogen (secondary N) is 1. The Morgan fingerprint density at radius 2 is 1.93 bits per heavy atom. The Labute approximate surface area is 171 Å². The highest BCUT2D eigenvalue weighted by atomic mass is 35.5. The average Bonchev–Trinajstić information content (AvgIpc) is 3.09. The predicted molar refractivity (Wildman–Crippen MR) is 112 cm³/mol. The number of carbonyl (C=O) groups excluding carboxylic acids is 1. The maximum Gasteiger partial charge on any atom is 0.233 e. The summed E-state index contributed by atoms with van der Waals surface area (Å²) in [5.41, 5.74) is 2.45. The van der Waals surface area contributed by atoms with Crippen LogP contribution >= 0.6 is 23.4 Å². The van der Waals surface area contributed by atoms with Crippen molar-refractivity contribution in [1.29, 1.82) is 0 Å². The van der Waals surface area contributed by atoms with Gasteiger partial charge in [-0.2, -0.15) is 4.52 Å². The van der Waals surface area contributed by atoms with E-state index in [1.807, 2.05) is 62.4 Å². The minimum Gasteiger partial charge on any atom is -0.351 e. The number of thioether (sulfide) groups is 1. The number of aromatic nitrogens is 4. The molecule has 0 saturated carbocycles. The maximum absolute atomic E-state index is 12.6. The van der Waals surface area contributed by atoms with Crippen LogP contribution in [0.5, 0.6) is 0 Å². The molecule has 0 radical (unpaired) electrons. The Morgan fingerprint density at radius 1 is 1.18 bits per heavy atom. The standard InChI is InChI=1S/C20H18ClN5OS/c1-12(19(27)22-11-14-7-3-5-9-16(14)21)28-20-24-17-10-6-4-8-15(17)18-23-13(2)25-26(18)20/h3-10,12H,11H2,1-2H3,(H,22,27). The van der Waals surface area contributed by atoms with Gasteiger partial charge >= 0.3 is 0 Å². The first kappa shape index (κ1) is 18.7. The van der Waals surface area contributed by atoms with Crippen molar-refractivity contribution in [3.63, 3.8) is 0 Å². The number of fused-ring (bicyclic) bond motifs is 3. The van der Waals surface area contributed by atoms with Crippen molar-refractivity contribution in [2.45, 2.75) is 30.8 Å². The number of para-hydroxylation sites is 1. The van der Waals surface area contributed by atoms with Gasteiger partial charge in [-0.05, 0) is 37.6 Å². The van der Waals surface area contributed by atoms with E-state index in [9.17, 15) is 4.79 Å². The lowest BCUT2D eigenvalue weighted by Crippen LogP contribution is -2.30. The molecular formula is C20H18ClN5OS. The summed E-state index contributed by atoms with van der Waals surface area (Å²) in [6.07, 6.45) is 0. The summed E-state index contributed by atoms with van der Waals surface area (Å²) in [6.45, 7) is 4.07. The van der Waals surface area contributed by atoms with Gasteiger partial charge in [-0.1, -0.05) is 53.7 Å². The number of halogens is 1. The lowest BCUT2D eigenvalue weighted by Gasteiger charge is -2.13. The molecule has 2 aromatic heterocycles. The average molecular weight is 412 g/mol. The highest BCUT2D eigenvalue weighted by Gasteiger charge is 2.19. The molecule has 1 unspecified atom stereocenters. The Kier molecular flexibility index (Phi) is 5.19. The summed E-state index contributed by atoms with van der Waals surface area (Å²) >= 11 is 7.51.